The Balaban J connectivity index is 0. The van der Waals surface area contributed by atoms with Crippen LogP contribution in [-0.2, 0) is 0 Å². The van der Waals surface area contributed by atoms with Crippen molar-refractivity contribution in [2.75, 3.05) is 0 Å². The van der Waals surface area contributed by atoms with Gasteiger partial charge in [-0.3, -0.25) is 0 Å². The van der Waals surface area contributed by atoms with Crippen molar-refractivity contribution in [2.45, 2.75) is 13.2 Å². The molecule has 0 heterocycles. The largest absolute Gasteiger partial charge is 0.465 e. The van der Waals surface area contributed by atoms with Crippen LogP contribution in [0.2, 0.25) is 0 Å². The van der Waals surface area contributed by atoms with E-state index in [1.165, 1.54) is 0 Å². The lowest BCUT2D eigenvalue weighted by Gasteiger charge is -2.06. The second-order valence-electron chi connectivity index (χ2n) is 2.03. The molecule has 0 fully saturated rings. The first kappa shape index (κ1) is 14.1. The van der Waals surface area contributed by atoms with Crippen LogP contribution >= 0.6 is 24.8 Å². The molecular weight excluding hydrogens is 199 g/mol. The SMILES string of the molecule is CC(O)Oc1ccccc1.Cl.Cl. The van der Waals surface area contributed by atoms with Crippen molar-refractivity contribution in [3.63, 3.8) is 0 Å². The van der Waals surface area contributed by atoms with Gasteiger partial charge in [-0.05, 0) is 19.1 Å². The fourth-order valence-corrected chi connectivity index (χ4v) is 0.696. The molecule has 2 nitrogen and oxygen atoms in total. The number of para-hydroxylation sites is 1. The highest BCUT2D eigenvalue weighted by molar-refractivity contribution is 5.85. The van der Waals surface area contributed by atoms with E-state index in [0.717, 1.165) is 0 Å². The van der Waals surface area contributed by atoms with Gasteiger partial charge in [0.05, 0.1) is 0 Å². The third-order valence-corrected chi connectivity index (χ3v) is 1.05. The Morgan fingerprint density at radius 2 is 1.67 bits per heavy atom. The molecular formula is C8H12Cl2O2. The fourth-order valence-electron chi connectivity index (χ4n) is 0.696. The second kappa shape index (κ2) is 7.22. The van der Waals surface area contributed by atoms with Crippen LogP contribution in [0.5, 0.6) is 5.75 Å². The van der Waals surface area contributed by atoms with Crippen LogP contribution in [0, 0.1) is 0 Å². The summed E-state index contributed by atoms with van der Waals surface area (Å²) in [6.45, 7) is 1.58. The molecule has 0 saturated heterocycles. The van der Waals surface area contributed by atoms with Crippen molar-refractivity contribution < 1.29 is 9.84 Å². The molecule has 1 aromatic rings. The summed E-state index contributed by atoms with van der Waals surface area (Å²) in [7, 11) is 0. The van der Waals surface area contributed by atoms with Gasteiger partial charge in [0.25, 0.3) is 0 Å². The molecule has 0 amide bonds. The highest BCUT2D eigenvalue weighted by Crippen LogP contribution is 2.08. The van der Waals surface area contributed by atoms with Crippen LogP contribution in [0.3, 0.4) is 0 Å². The standard InChI is InChI=1S/C8H10O2.2ClH/c1-7(9)10-8-5-3-2-4-6-8;;/h2-7,9H,1H3;2*1H. The zero-order valence-corrected chi connectivity index (χ0v) is 8.27. The summed E-state index contributed by atoms with van der Waals surface area (Å²) >= 11 is 0. The lowest BCUT2D eigenvalue weighted by atomic mass is 10.3. The van der Waals surface area contributed by atoms with E-state index in [1.54, 1.807) is 19.1 Å². The minimum Gasteiger partial charge on any atom is -0.465 e. The first-order chi connectivity index (χ1) is 4.79. The maximum Gasteiger partial charge on any atom is 0.194 e. The summed E-state index contributed by atoms with van der Waals surface area (Å²) in [4.78, 5) is 0. The van der Waals surface area contributed by atoms with Crippen LogP contribution in [0.1, 0.15) is 6.92 Å². The summed E-state index contributed by atoms with van der Waals surface area (Å²) in [5.74, 6) is 0.692. The maximum atomic E-state index is 8.78. The van der Waals surface area contributed by atoms with E-state index >= 15 is 0 Å². The highest BCUT2D eigenvalue weighted by Gasteiger charge is 1.94. The van der Waals surface area contributed by atoms with Gasteiger partial charge in [-0.1, -0.05) is 18.2 Å². The van der Waals surface area contributed by atoms with Crippen LogP contribution in [0.25, 0.3) is 0 Å². The van der Waals surface area contributed by atoms with Gasteiger partial charge in [0.1, 0.15) is 5.75 Å². The van der Waals surface area contributed by atoms with Crippen LogP contribution in [-0.4, -0.2) is 11.4 Å². The Morgan fingerprint density at radius 1 is 1.17 bits per heavy atom. The molecule has 0 aromatic heterocycles. The lowest BCUT2D eigenvalue weighted by molar-refractivity contribution is -0.000286. The number of aliphatic hydroxyl groups excluding tert-OH is 1. The van der Waals surface area contributed by atoms with Gasteiger partial charge in [-0.2, -0.15) is 0 Å². The van der Waals surface area contributed by atoms with E-state index in [9.17, 15) is 0 Å². The zero-order chi connectivity index (χ0) is 7.40. The minimum absolute atomic E-state index is 0. The van der Waals surface area contributed by atoms with Crippen molar-refractivity contribution in [3.05, 3.63) is 30.3 Å². The number of rotatable bonds is 2. The summed E-state index contributed by atoms with van der Waals surface area (Å²) < 4.78 is 4.97. The van der Waals surface area contributed by atoms with E-state index in [1.807, 2.05) is 18.2 Å². The van der Waals surface area contributed by atoms with Crippen molar-refractivity contribution in [1.82, 2.24) is 0 Å². The number of hydrogen-bond acceptors (Lipinski definition) is 2. The molecule has 0 bridgehead atoms. The third-order valence-electron chi connectivity index (χ3n) is 1.05. The molecule has 0 aliphatic heterocycles. The molecule has 12 heavy (non-hydrogen) atoms. The second-order valence-corrected chi connectivity index (χ2v) is 2.03. The van der Waals surface area contributed by atoms with Crippen LogP contribution in [0.4, 0.5) is 0 Å². The first-order valence-electron chi connectivity index (χ1n) is 3.19. The molecule has 0 aliphatic carbocycles. The van der Waals surface area contributed by atoms with Gasteiger partial charge in [-0.15, -0.1) is 24.8 Å². The van der Waals surface area contributed by atoms with E-state index < -0.39 is 6.29 Å². The Morgan fingerprint density at radius 3 is 2.08 bits per heavy atom. The average Bonchev–Trinajstić information content (AvgIpc) is 1.88. The minimum atomic E-state index is -0.734. The molecule has 0 spiro atoms. The Kier molecular flexibility index (Phi) is 8.49. The van der Waals surface area contributed by atoms with E-state index in [-0.39, 0.29) is 24.8 Å². The molecule has 0 aliphatic rings. The van der Waals surface area contributed by atoms with Crippen LogP contribution in [0.15, 0.2) is 30.3 Å². The number of ether oxygens (including phenoxy) is 1. The predicted octanol–water partition coefficient (Wildman–Crippen LogP) is 2.25. The molecule has 1 unspecified atom stereocenters. The van der Waals surface area contributed by atoms with Gasteiger partial charge < -0.3 is 9.84 Å². The maximum absolute atomic E-state index is 8.78. The first-order valence-corrected chi connectivity index (χ1v) is 3.19. The smallest absolute Gasteiger partial charge is 0.194 e. The van der Waals surface area contributed by atoms with Gasteiger partial charge >= 0.3 is 0 Å². The van der Waals surface area contributed by atoms with Gasteiger partial charge in [0, 0.05) is 0 Å². The van der Waals surface area contributed by atoms with Crippen molar-refractivity contribution in [2.24, 2.45) is 0 Å². The molecule has 1 atom stereocenters. The molecule has 0 saturated carbocycles. The van der Waals surface area contributed by atoms with E-state index in [0.29, 0.717) is 5.75 Å². The predicted molar refractivity (Wildman–Crippen MR) is 53.2 cm³/mol. The highest BCUT2D eigenvalue weighted by atomic mass is 35.5. The Hall–Kier alpha value is -0.440. The molecule has 1 aromatic carbocycles. The van der Waals surface area contributed by atoms with Crippen molar-refractivity contribution in [1.29, 1.82) is 0 Å². The van der Waals surface area contributed by atoms with E-state index in [2.05, 4.69) is 0 Å². The number of hydrogen-bond donors (Lipinski definition) is 1. The molecule has 1 N–H and O–H groups in total. The summed E-state index contributed by atoms with van der Waals surface area (Å²) in [5, 5.41) is 8.78. The van der Waals surface area contributed by atoms with Gasteiger partial charge in [0.15, 0.2) is 6.29 Å². The summed E-state index contributed by atoms with van der Waals surface area (Å²) in [6.07, 6.45) is -0.734. The normalized spacial score (nSPS) is 10.5. The Bertz CT molecular complexity index is 190. The number of aliphatic hydroxyl groups is 1. The zero-order valence-electron chi connectivity index (χ0n) is 6.64. The monoisotopic (exact) mass is 210 g/mol. The third kappa shape index (κ3) is 5.24. The Labute approximate surface area is 84.4 Å². The number of halogens is 2. The molecule has 70 valence electrons. The lowest BCUT2D eigenvalue weighted by Crippen LogP contribution is -2.08. The van der Waals surface area contributed by atoms with Crippen molar-refractivity contribution >= 4 is 24.8 Å². The van der Waals surface area contributed by atoms with Gasteiger partial charge in [-0.25, -0.2) is 0 Å². The van der Waals surface area contributed by atoms with E-state index in [4.69, 9.17) is 9.84 Å². The van der Waals surface area contributed by atoms with Gasteiger partial charge in [0.2, 0.25) is 0 Å². The quantitative estimate of drug-likeness (QED) is 0.760. The summed E-state index contributed by atoms with van der Waals surface area (Å²) in [5.41, 5.74) is 0. The summed E-state index contributed by atoms with van der Waals surface area (Å²) in [6, 6.07) is 9.21. The molecule has 0 radical (unpaired) electrons. The van der Waals surface area contributed by atoms with Crippen molar-refractivity contribution in [3.8, 4) is 5.75 Å². The fraction of sp³-hybridized carbons (Fsp3) is 0.250. The number of benzene rings is 1. The molecule has 4 heteroatoms. The topological polar surface area (TPSA) is 29.5 Å². The van der Waals surface area contributed by atoms with Crippen LogP contribution < -0.4 is 4.74 Å². The molecule has 1 rings (SSSR count). The average molecular weight is 211 g/mol.